The first kappa shape index (κ1) is 15.4. The van der Waals surface area contributed by atoms with Gasteiger partial charge < -0.3 is 9.47 Å². The van der Waals surface area contributed by atoms with Crippen molar-refractivity contribution in [3.8, 4) is 11.5 Å². The number of rotatable bonds is 5. The van der Waals surface area contributed by atoms with Gasteiger partial charge in [-0.15, -0.1) is 0 Å². The second kappa shape index (κ2) is 5.56. The molecule has 0 fully saturated rings. The van der Waals surface area contributed by atoms with Gasteiger partial charge in [-0.3, -0.25) is 4.79 Å². The summed E-state index contributed by atoms with van der Waals surface area (Å²) in [6, 6.07) is 0.985. The molecule has 7 heteroatoms. The summed E-state index contributed by atoms with van der Waals surface area (Å²) in [4.78, 5) is 10.6. The third kappa shape index (κ3) is 3.23. The number of methoxy groups -OCH3 is 2. The highest BCUT2D eigenvalue weighted by Gasteiger charge is 2.26. The number of halogens is 1. The van der Waals surface area contributed by atoms with E-state index in [4.69, 9.17) is 9.47 Å². The topological polar surface area (TPSA) is 69.7 Å². The molecule has 0 saturated carbocycles. The third-order valence-corrected chi connectivity index (χ3v) is 3.56. The Morgan fingerprint density at radius 3 is 2.16 bits per heavy atom. The molecule has 5 nitrogen and oxygen atoms in total. The normalized spacial score (nSPS) is 11.2. The zero-order valence-corrected chi connectivity index (χ0v) is 11.9. The van der Waals surface area contributed by atoms with Crippen LogP contribution in [0, 0.1) is 5.82 Å². The van der Waals surface area contributed by atoms with Crippen LogP contribution in [0.1, 0.15) is 12.5 Å². The van der Waals surface area contributed by atoms with Gasteiger partial charge in [0.1, 0.15) is 16.5 Å². The highest BCUT2D eigenvalue weighted by Crippen LogP contribution is 2.39. The molecule has 0 aliphatic rings. The molecule has 0 bridgehead atoms. The minimum atomic E-state index is -3.82. The van der Waals surface area contributed by atoms with Crippen LogP contribution >= 0.6 is 0 Å². The van der Waals surface area contributed by atoms with Gasteiger partial charge in [0.2, 0.25) is 0 Å². The zero-order valence-electron chi connectivity index (χ0n) is 11.1. The Balaban J connectivity index is 3.68. The van der Waals surface area contributed by atoms with Crippen molar-refractivity contribution in [1.29, 1.82) is 0 Å². The standard InChI is InChI=1S/C12H15FO5S/c1-7(14)5-8-6-9(13)12(19(4,15)16)11(18-3)10(8)17-2/h6H,5H2,1-4H3. The molecule has 106 valence electrons. The summed E-state index contributed by atoms with van der Waals surface area (Å²) in [5, 5.41) is 0. The van der Waals surface area contributed by atoms with Crippen molar-refractivity contribution >= 4 is 15.6 Å². The van der Waals surface area contributed by atoms with Crippen molar-refractivity contribution in [2.24, 2.45) is 0 Å². The summed E-state index contributed by atoms with van der Waals surface area (Å²) in [7, 11) is -1.31. The molecule has 0 heterocycles. The van der Waals surface area contributed by atoms with E-state index < -0.39 is 20.5 Å². The molecule has 0 spiro atoms. The van der Waals surface area contributed by atoms with E-state index in [1.165, 1.54) is 21.1 Å². The number of benzene rings is 1. The molecular weight excluding hydrogens is 275 g/mol. The number of hydrogen-bond donors (Lipinski definition) is 0. The Morgan fingerprint density at radius 1 is 1.26 bits per heavy atom. The summed E-state index contributed by atoms with van der Waals surface area (Å²) < 4.78 is 47.1. The van der Waals surface area contributed by atoms with E-state index in [0.29, 0.717) is 0 Å². The molecule has 0 saturated heterocycles. The Bertz CT molecular complexity index is 607. The van der Waals surface area contributed by atoms with E-state index >= 15 is 0 Å². The summed E-state index contributed by atoms with van der Waals surface area (Å²) in [6.45, 7) is 1.34. The Morgan fingerprint density at radius 2 is 1.79 bits per heavy atom. The molecule has 0 atom stereocenters. The van der Waals surface area contributed by atoms with Crippen LogP contribution in [-0.4, -0.2) is 34.7 Å². The van der Waals surface area contributed by atoms with Crippen molar-refractivity contribution < 1.29 is 27.1 Å². The molecule has 0 aliphatic carbocycles. The summed E-state index contributed by atoms with van der Waals surface area (Å²) >= 11 is 0. The van der Waals surface area contributed by atoms with Crippen LogP contribution < -0.4 is 9.47 Å². The van der Waals surface area contributed by atoms with Gasteiger partial charge in [-0.2, -0.15) is 0 Å². The molecule has 1 aromatic rings. The fourth-order valence-corrected chi connectivity index (χ4v) is 2.72. The number of Topliss-reactive ketones (excluding diaryl/α,β-unsaturated/α-hetero) is 1. The minimum absolute atomic E-state index is 0.0551. The zero-order chi connectivity index (χ0) is 14.8. The fraction of sp³-hybridized carbons (Fsp3) is 0.417. The number of ketones is 1. The van der Waals surface area contributed by atoms with Crippen molar-refractivity contribution in [1.82, 2.24) is 0 Å². The van der Waals surface area contributed by atoms with E-state index in [9.17, 15) is 17.6 Å². The van der Waals surface area contributed by atoms with E-state index in [1.54, 1.807) is 0 Å². The summed E-state index contributed by atoms with van der Waals surface area (Å²) in [5.74, 6) is -1.33. The van der Waals surface area contributed by atoms with Gasteiger partial charge in [-0.05, 0) is 13.0 Å². The SMILES string of the molecule is COc1c(CC(C)=O)cc(F)c(S(C)(=O)=O)c1OC. The lowest BCUT2D eigenvalue weighted by Crippen LogP contribution is -2.09. The fourth-order valence-electron chi connectivity index (χ4n) is 1.80. The number of ether oxygens (including phenoxy) is 2. The second-order valence-electron chi connectivity index (χ2n) is 4.06. The predicted molar refractivity (Wildman–Crippen MR) is 67.0 cm³/mol. The molecule has 1 rings (SSSR count). The van der Waals surface area contributed by atoms with Gasteiger partial charge in [0, 0.05) is 18.2 Å². The molecule has 0 aromatic heterocycles. The Kier molecular flexibility index (Phi) is 4.52. The van der Waals surface area contributed by atoms with Crippen molar-refractivity contribution in [2.75, 3.05) is 20.5 Å². The first-order valence-electron chi connectivity index (χ1n) is 5.35. The highest BCUT2D eigenvalue weighted by molar-refractivity contribution is 7.90. The summed E-state index contributed by atoms with van der Waals surface area (Å²) in [5.41, 5.74) is 0.247. The maximum atomic E-state index is 13.9. The molecule has 0 N–H and O–H groups in total. The quantitative estimate of drug-likeness (QED) is 0.819. The largest absolute Gasteiger partial charge is 0.493 e. The van der Waals surface area contributed by atoms with E-state index in [-0.39, 0.29) is 29.3 Å². The van der Waals surface area contributed by atoms with Crippen LogP contribution in [0.25, 0.3) is 0 Å². The lowest BCUT2D eigenvalue weighted by molar-refractivity contribution is -0.116. The monoisotopic (exact) mass is 290 g/mol. The second-order valence-corrected chi connectivity index (χ2v) is 6.02. The van der Waals surface area contributed by atoms with Crippen LogP contribution in [0.4, 0.5) is 4.39 Å². The Labute approximate surface area is 111 Å². The van der Waals surface area contributed by atoms with Crippen LogP contribution in [0.15, 0.2) is 11.0 Å². The molecule has 1 aromatic carbocycles. The molecule has 0 unspecified atom stereocenters. The average Bonchev–Trinajstić information content (AvgIpc) is 2.25. The van der Waals surface area contributed by atoms with Crippen LogP contribution in [0.5, 0.6) is 11.5 Å². The van der Waals surface area contributed by atoms with Gasteiger partial charge >= 0.3 is 0 Å². The van der Waals surface area contributed by atoms with Gasteiger partial charge in [-0.25, -0.2) is 12.8 Å². The maximum absolute atomic E-state index is 13.9. The number of hydrogen-bond acceptors (Lipinski definition) is 5. The van der Waals surface area contributed by atoms with Crippen LogP contribution in [-0.2, 0) is 21.1 Å². The van der Waals surface area contributed by atoms with Gasteiger partial charge in [0.25, 0.3) is 0 Å². The number of sulfone groups is 1. The van der Waals surface area contributed by atoms with Gasteiger partial charge in [0.05, 0.1) is 14.2 Å². The molecular formula is C12H15FO5S. The van der Waals surface area contributed by atoms with E-state index in [1.807, 2.05) is 0 Å². The molecule has 0 radical (unpaired) electrons. The first-order chi connectivity index (χ1) is 8.72. The first-order valence-corrected chi connectivity index (χ1v) is 7.24. The number of carbonyl (C=O) groups excluding carboxylic acids is 1. The van der Waals surface area contributed by atoms with Gasteiger partial charge in [0.15, 0.2) is 21.3 Å². The lowest BCUT2D eigenvalue weighted by atomic mass is 10.1. The van der Waals surface area contributed by atoms with Crippen LogP contribution in [0.3, 0.4) is 0 Å². The number of carbonyl (C=O) groups is 1. The molecule has 19 heavy (non-hydrogen) atoms. The molecule has 0 amide bonds. The predicted octanol–water partition coefficient (Wildman–Crippen LogP) is 1.38. The minimum Gasteiger partial charge on any atom is -0.493 e. The maximum Gasteiger partial charge on any atom is 0.182 e. The highest BCUT2D eigenvalue weighted by atomic mass is 32.2. The Hall–Kier alpha value is -1.63. The van der Waals surface area contributed by atoms with Crippen LogP contribution in [0.2, 0.25) is 0 Å². The van der Waals surface area contributed by atoms with E-state index in [0.717, 1.165) is 12.3 Å². The van der Waals surface area contributed by atoms with Crippen molar-refractivity contribution in [3.05, 3.63) is 17.4 Å². The summed E-state index contributed by atoms with van der Waals surface area (Å²) in [6.07, 6.45) is 0.804. The van der Waals surface area contributed by atoms with Gasteiger partial charge in [-0.1, -0.05) is 0 Å². The van der Waals surface area contributed by atoms with E-state index in [2.05, 4.69) is 0 Å². The lowest BCUT2D eigenvalue weighted by Gasteiger charge is -2.16. The van der Waals surface area contributed by atoms with Crippen molar-refractivity contribution in [3.63, 3.8) is 0 Å². The average molecular weight is 290 g/mol. The van der Waals surface area contributed by atoms with Crippen molar-refractivity contribution in [2.45, 2.75) is 18.2 Å². The molecule has 0 aliphatic heterocycles. The third-order valence-electron chi connectivity index (χ3n) is 2.44. The smallest absolute Gasteiger partial charge is 0.182 e.